The van der Waals surface area contributed by atoms with Crippen LogP contribution in [0.15, 0.2) is 0 Å². The average Bonchev–Trinajstić information content (AvgIpc) is 2.93. The molecular weight excluding hydrogens is 552 g/mol. The molecule has 0 rings (SSSR count). The molecule has 0 saturated heterocycles. The van der Waals surface area contributed by atoms with Crippen LogP contribution in [0.2, 0.25) is 0 Å². The molecule has 0 aromatic heterocycles. The summed E-state index contributed by atoms with van der Waals surface area (Å²) in [6.07, 6.45) is 39.7. The molecule has 5 nitrogen and oxygen atoms in total. The summed E-state index contributed by atoms with van der Waals surface area (Å²) in [5.74, 6) is -1.81. The third kappa shape index (κ3) is 52.8. The number of aliphatic carboxylic acids is 2. The molecule has 0 atom stereocenters. The predicted octanol–water partition coefficient (Wildman–Crippen LogP) is 8.79. The molecule has 42 heavy (non-hydrogen) atoms. The molecule has 0 spiro atoms. The number of rotatable bonds is 32. The van der Waals surface area contributed by atoms with Crippen LogP contribution in [0.3, 0.4) is 0 Å². The van der Waals surface area contributed by atoms with E-state index in [4.69, 9.17) is 0 Å². The van der Waals surface area contributed by atoms with Crippen molar-refractivity contribution in [2.24, 2.45) is 0 Å². The monoisotopic (exact) mass is 625 g/mol. The van der Waals surface area contributed by atoms with Gasteiger partial charge in [-0.05, 0) is 25.7 Å². The van der Waals surface area contributed by atoms with Gasteiger partial charge in [-0.1, -0.05) is 194 Å². The number of hydrogen-bond acceptors (Lipinski definition) is 4. The maximum absolute atomic E-state index is 10.2. The SMILES string of the molecule is CCCCCCCCCCCCCCCCCC(=O)[O-].CCCCCCCCCCCCCCCCCC(=O)[O-].O.[Ca+2]. The van der Waals surface area contributed by atoms with E-state index in [0.717, 1.165) is 25.7 Å². The summed E-state index contributed by atoms with van der Waals surface area (Å²) in [5.41, 5.74) is 0. The van der Waals surface area contributed by atoms with Gasteiger partial charge >= 0.3 is 37.7 Å². The largest absolute Gasteiger partial charge is 2.00 e. The zero-order valence-corrected chi connectivity index (χ0v) is 30.7. The number of carbonyl (C=O) groups is 2. The van der Waals surface area contributed by atoms with Crippen molar-refractivity contribution in [2.45, 2.75) is 219 Å². The molecule has 0 fully saturated rings. The van der Waals surface area contributed by atoms with Crippen LogP contribution in [-0.2, 0) is 9.59 Å². The van der Waals surface area contributed by atoms with Gasteiger partial charge in [-0.15, -0.1) is 0 Å². The molecule has 2 N–H and O–H groups in total. The van der Waals surface area contributed by atoms with E-state index in [1.54, 1.807) is 0 Å². The number of carboxylic acid groups (broad SMARTS) is 2. The van der Waals surface area contributed by atoms with Crippen LogP contribution in [0, 0.1) is 0 Å². The van der Waals surface area contributed by atoms with Gasteiger partial charge in [-0.25, -0.2) is 0 Å². The zero-order valence-electron chi connectivity index (χ0n) is 28.5. The minimum atomic E-state index is -0.903. The summed E-state index contributed by atoms with van der Waals surface area (Å²) in [5, 5.41) is 20.4. The summed E-state index contributed by atoms with van der Waals surface area (Å²) >= 11 is 0. The van der Waals surface area contributed by atoms with Crippen molar-refractivity contribution in [1.29, 1.82) is 0 Å². The van der Waals surface area contributed by atoms with E-state index in [0.29, 0.717) is 0 Å². The molecular formula is C36H72CaO5. The normalized spacial score (nSPS) is 10.3. The van der Waals surface area contributed by atoms with Crippen molar-refractivity contribution in [2.75, 3.05) is 0 Å². The Kier molecular flexibility index (Phi) is 53.2. The molecule has 6 heteroatoms. The molecule has 248 valence electrons. The van der Waals surface area contributed by atoms with E-state index >= 15 is 0 Å². The van der Waals surface area contributed by atoms with Gasteiger partial charge in [0, 0.05) is 11.9 Å². The zero-order chi connectivity index (χ0) is 29.8. The van der Waals surface area contributed by atoms with Crippen molar-refractivity contribution in [3.05, 3.63) is 0 Å². The standard InChI is InChI=1S/2C18H36O2.Ca.H2O/c2*1-2-3-4-5-6-7-8-9-10-11-12-13-14-15-16-17-18(19)20;;/h2*2-17H2,1H3,(H,19,20);;1H2/q;;+2;/p-2. The van der Waals surface area contributed by atoms with Crippen LogP contribution >= 0.6 is 0 Å². The Hall–Kier alpha value is 0.160. The van der Waals surface area contributed by atoms with Crippen molar-refractivity contribution < 1.29 is 25.3 Å². The van der Waals surface area contributed by atoms with Gasteiger partial charge in [0.1, 0.15) is 0 Å². The first kappa shape index (κ1) is 49.0. The molecule has 0 unspecified atom stereocenters. The topological polar surface area (TPSA) is 112 Å². The van der Waals surface area contributed by atoms with Crippen LogP contribution < -0.4 is 10.2 Å². The molecule has 0 aromatic rings. The van der Waals surface area contributed by atoms with E-state index < -0.39 is 11.9 Å². The van der Waals surface area contributed by atoms with Crippen LogP contribution in [-0.4, -0.2) is 55.2 Å². The summed E-state index contributed by atoms with van der Waals surface area (Å²) in [6.45, 7) is 4.53. The number of hydrogen-bond donors (Lipinski definition) is 0. The van der Waals surface area contributed by atoms with Gasteiger partial charge in [0.25, 0.3) is 0 Å². The minimum absolute atomic E-state index is 0. The second kappa shape index (κ2) is 45.6. The maximum Gasteiger partial charge on any atom is 2.00 e. The van der Waals surface area contributed by atoms with Crippen molar-refractivity contribution in [1.82, 2.24) is 0 Å². The Balaban J connectivity index is -0.000000328. The Bertz CT molecular complexity index is 457. The van der Waals surface area contributed by atoms with E-state index in [9.17, 15) is 19.8 Å². The Morgan fingerprint density at radius 1 is 0.333 bits per heavy atom. The fraction of sp³-hybridized carbons (Fsp3) is 0.944. The van der Waals surface area contributed by atoms with Crippen molar-refractivity contribution in [3.8, 4) is 0 Å². The van der Waals surface area contributed by atoms with Gasteiger partial charge in [0.2, 0.25) is 0 Å². The second-order valence-electron chi connectivity index (χ2n) is 12.1. The third-order valence-corrected chi connectivity index (χ3v) is 7.97. The molecule has 0 saturated carbocycles. The Morgan fingerprint density at radius 2 is 0.476 bits per heavy atom. The molecule has 0 aliphatic carbocycles. The molecule has 0 bridgehead atoms. The van der Waals surface area contributed by atoms with Gasteiger partial charge in [-0.2, -0.15) is 0 Å². The van der Waals surface area contributed by atoms with Gasteiger partial charge in [0.15, 0.2) is 0 Å². The van der Waals surface area contributed by atoms with Crippen LogP contribution in [0.5, 0.6) is 0 Å². The Labute approximate surface area is 292 Å². The minimum Gasteiger partial charge on any atom is -0.550 e. The van der Waals surface area contributed by atoms with Crippen molar-refractivity contribution >= 4 is 49.7 Å². The summed E-state index contributed by atoms with van der Waals surface area (Å²) < 4.78 is 0. The summed E-state index contributed by atoms with van der Waals surface area (Å²) in [6, 6.07) is 0. The molecule has 0 aromatic carbocycles. The maximum atomic E-state index is 10.2. The quantitative estimate of drug-likeness (QED) is 0.0550. The fourth-order valence-electron chi connectivity index (χ4n) is 5.28. The first-order valence-corrected chi connectivity index (χ1v) is 17.9. The summed E-state index contributed by atoms with van der Waals surface area (Å²) in [7, 11) is 0. The van der Waals surface area contributed by atoms with E-state index in [1.807, 2.05) is 0 Å². The van der Waals surface area contributed by atoms with E-state index in [1.165, 1.54) is 167 Å². The first-order valence-electron chi connectivity index (χ1n) is 17.9. The third-order valence-electron chi connectivity index (χ3n) is 7.97. The first-order chi connectivity index (χ1) is 19.5. The number of carbonyl (C=O) groups excluding carboxylic acids is 2. The van der Waals surface area contributed by atoms with Crippen LogP contribution in [0.1, 0.15) is 219 Å². The van der Waals surface area contributed by atoms with Gasteiger partial charge < -0.3 is 25.3 Å². The number of unbranched alkanes of at least 4 members (excludes halogenated alkanes) is 28. The Morgan fingerprint density at radius 3 is 0.619 bits per heavy atom. The van der Waals surface area contributed by atoms with E-state index in [-0.39, 0.29) is 56.1 Å². The van der Waals surface area contributed by atoms with Crippen molar-refractivity contribution in [3.63, 3.8) is 0 Å². The summed E-state index contributed by atoms with van der Waals surface area (Å²) in [4.78, 5) is 20.4. The molecule has 0 amide bonds. The molecule has 0 aliphatic heterocycles. The molecule has 0 radical (unpaired) electrons. The van der Waals surface area contributed by atoms with Crippen LogP contribution in [0.4, 0.5) is 0 Å². The predicted molar refractivity (Wildman–Crippen MR) is 178 cm³/mol. The molecule has 0 heterocycles. The van der Waals surface area contributed by atoms with Crippen LogP contribution in [0.25, 0.3) is 0 Å². The smallest absolute Gasteiger partial charge is 0.550 e. The molecule has 0 aliphatic rings. The fourth-order valence-corrected chi connectivity index (χ4v) is 5.28. The van der Waals surface area contributed by atoms with Gasteiger partial charge in [-0.3, -0.25) is 0 Å². The second-order valence-corrected chi connectivity index (χ2v) is 12.1. The van der Waals surface area contributed by atoms with Gasteiger partial charge in [0.05, 0.1) is 0 Å². The number of carboxylic acids is 2. The van der Waals surface area contributed by atoms with E-state index in [2.05, 4.69) is 13.8 Å². The average molecular weight is 625 g/mol.